The molecule has 0 aliphatic rings. The van der Waals surface area contributed by atoms with E-state index in [0.717, 1.165) is 0 Å². The lowest BCUT2D eigenvalue weighted by molar-refractivity contribution is -0.385. The molecule has 0 radical (unpaired) electrons. The number of carbonyl (C=O) groups is 1. The average molecular weight is 215 g/mol. The Morgan fingerprint density at radius 1 is 1.50 bits per heavy atom. The number of nitro groups is 1. The van der Waals surface area contributed by atoms with Gasteiger partial charge in [-0.05, 0) is 6.07 Å². The van der Waals surface area contributed by atoms with Crippen molar-refractivity contribution in [3.8, 4) is 0 Å². The van der Waals surface area contributed by atoms with Gasteiger partial charge in [0, 0.05) is 18.0 Å². The van der Waals surface area contributed by atoms with Crippen molar-refractivity contribution in [3.05, 3.63) is 38.9 Å². The molecule has 0 aliphatic heterocycles. The Labute approximate surface area is 84.1 Å². The van der Waals surface area contributed by atoms with E-state index in [1.807, 2.05) is 0 Å². The van der Waals surface area contributed by atoms with Crippen LogP contribution in [0.15, 0.2) is 18.2 Å². The Balaban J connectivity index is 3.21. The zero-order valence-corrected chi connectivity index (χ0v) is 7.65. The molecule has 1 aromatic carbocycles. The third-order valence-electron chi connectivity index (χ3n) is 1.59. The van der Waals surface area contributed by atoms with Crippen LogP contribution in [0.4, 0.5) is 5.69 Å². The first-order valence-electron chi connectivity index (χ1n) is 3.64. The van der Waals surface area contributed by atoms with Crippen LogP contribution in [0, 0.1) is 10.1 Å². The molecule has 0 aromatic heterocycles. The van der Waals surface area contributed by atoms with Gasteiger partial charge in [-0.3, -0.25) is 10.1 Å². The number of rotatable bonds is 3. The topological polar surface area (TPSA) is 83.3 Å². The van der Waals surface area contributed by atoms with Gasteiger partial charge in [-0.1, -0.05) is 23.7 Å². The van der Waals surface area contributed by atoms with Crippen LogP contribution in [-0.2, 0) is 11.2 Å². The van der Waals surface area contributed by atoms with Crippen molar-refractivity contribution in [1.82, 2.24) is 0 Å². The first-order valence-corrected chi connectivity index (χ1v) is 4.02. The third kappa shape index (κ3) is 2.20. The number of hydrogen-bond donors (Lipinski definition) is 0. The van der Waals surface area contributed by atoms with Gasteiger partial charge < -0.3 is 9.90 Å². The second-order valence-electron chi connectivity index (χ2n) is 2.55. The zero-order chi connectivity index (χ0) is 10.7. The number of carboxylic acid groups (broad SMARTS) is 1. The lowest BCUT2D eigenvalue weighted by Gasteiger charge is -2.04. The van der Waals surface area contributed by atoms with Gasteiger partial charge in [-0.15, -0.1) is 0 Å². The fourth-order valence-corrected chi connectivity index (χ4v) is 1.33. The third-order valence-corrected chi connectivity index (χ3v) is 1.89. The fraction of sp³-hybridized carbons (Fsp3) is 0.125. The number of nitro benzene ring substituents is 1. The van der Waals surface area contributed by atoms with E-state index >= 15 is 0 Å². The molecule has 0 saturated heterocycles. The highest BCUT2D eigenvalue weighted by molar-refractivity contribution is 6.32. The molecule has 0 N–H and O–H groups in total. The van der Waals surface area contributed by atoms with E-state index in [1.165, 1.54) is 18.2 Å². The molecule has 0 fully saturated rings. The monoisotopic (exact) mass is 214 g/mol. The standard InChI is InChI=1S/C8H6ClNO4/c9-6-3-1-2-5(4-7(11)12)8(6)10(13)14/h1-3H,4H2,(H,11,12)/p-1. The van der Waals surface area contributed by atoms with Gasteiger partial charge in [0.25, 0.3) is 5.69 Å². The average Bonchev–Trinajstić information content (AvgIpc) is 2.01. The number of benzene rings is 1. The molecule has 14 heavy (non-hydrogen) atoms. The van der Waals surface area contributed by atoms with E-state index in [9.17, 15) is 20.0 Å². The minimum Gasteiger partial charge on any atom is -0.550 e. The van der Waals surface area contributed by atoms with Gasteiger partial charge in [0.05, 0.1) is 4.92 Å². The lowest BCUT2D eigenvalue weighted by Crippen LogP contribution is -2.24. The maximum Gasteiger partial charge on any atom is 0.291 e. The normalized spacial score (nSPS) is 9.79. The molecule has 0 atom stereocenters. The largest absolute Gasteiger partial charge is 0.550 e. The number of aliphatic carboxylic acids is 1. The number of para-hydroxylation sites is 1. The second-order valence-corrected chi connectivity index (χ2v) is 2.96. The molecule has 0 aliphatic carbocycles. The summed E-state index contributed by atoms with van der Waals surface area (Å²) in [7, 11) is 0. The summed E-state index contributed by atoms with van der Waals surface area (Å²) in [6.45, 7) is 0. The molecule has 0 heterocycles. The number of carbonyl (C=O) groups excluding carboxylic acids is 1. The highest BCUT2D eigenvalue weighted by Gasteiger charge is 2.17. The van der Waals surface area contributed by atoms with E-state index in [2.05, 4.69) is 0 Å². The highest BCUT2D eigenvalue weighted by Crippen LogP contribution is 2.28. The maximum absolute atomic E-state index is 10.5. The van der Waals surface area contributed by atoms with E-state index in [1.54, 1.807) is 0 Å². The van der Waals surface area contributed by atoms with E-state index in [4.69, 9.17) is 11.6 Å². The second kappa shape index (κ2) is 4.06. The van der Waals surface area contributed by atoms with Gasteiger partial charge in [0.15, 0.2) is 0 Å². The van der Waals surface area contributed by atoms with Crippen LogP contribution in [0.5, 0.6) is 0 Å². The molecule has 1 aromatic rings. The van der Waals surface area contributed by atoms with Gasteiger partial charge in [-0.25, -0.2) is 0 Å². The SMILES string of the molecule is O=C([O-])Cc1cccc(Cl)c1[N+](=O)[O-]. The molecule has 74 valence electrons. The summed E-state index contributed by atoms with van der Waals surface area (Å²) in [6.07, 6.45) is -0.517. The molecule has 0 saturated carbocycles. The summed E-state index contributed by atoms with van der Waals surface area (Å²) in [5.41, 5.74) is -0.333. The minimum absolute atomic E-state index is 0.0440. The van der Waals surface area contributed by atoms with Gasteiger partial charge >= 0.3 is 0 Å². The Kier molecular flexibility index (Phi) is 3.03. The molecule has 5 nitrogen and oxygen atoms in total. The minimum atomic E-state index is -1.38. The van der Waals surface area contributed by atoms with Crippen LogP contribution >= 0.6 is 11.6 Å². The lowest BCUT2D eigenvalue weighted by atomic mass is 10.1. The van der Waals surface area contributed by atoms with Crippen LogP contribution in [0.2, 0.25) is 5.02 Å². The first-order chi connectivity index (χ1) is 6.52. The van der Waals surface area contributed by atoms with Gasteiger partial charge in [0.1, 0.15) is 5.02 Å². The van der Waals surface area contributed by atoms with Crippen molar-refractivity contribution in [1.29, 1.82) is 0 Å². The number of carboxylic acids is 1. The molecule has 0 bridgehead atoms. The van der Waals surface area contributed by atoms with Gasteiger partial charge in [-0.2, -0.15) is 0 Å². The number of halogens is 1. The summed E-state index contributed by atoms with van der Waals surface area (Å²) in [5.74, 6) is -1.38. The predicted molar refractivity (Wildman–Crippen MR) is 46.8 cm³/mol. The molecule has 1 rings (SSSR count). The van der Waals surface area contributed by atoms with Crippen LogP contribution < -0.4 is 5.11 Å². The van der Waals surface area contributed by atoms with Crippen molar-refractivity contribution in [2.45, 2.75) is 6.42 Å². The van der Waals surface area contributed by atoms with E-state index < -0.39 is 17.3 Å². The number of nitrogens with zero attached hydrogens (tertiary/aromatic N) is 1. The maximum atomic E-state index is 10.5. The van der Waals surface area contributed by atoms with Crippen LogP contribution in [0.1, 0.15) is 5.56 Å². The smallest absolute Gasteiger partial charge is 0.291 e. The van der Waals surface area contributed by atoms with Crippen molar-refractivity contribution < 1.29 is 14.8 Å². The van der Waals surface area contributed by atoms with Gasteiger partial charge in [0.2, 0.25) is 0 Å². The first kappa shape index (κ1) is 10.5. The molecule has 0 spiro atoms. The van der Waals surface area contributed by atoms with Crippen molar-refractivity contribution >= 4 is 23.3 Å². The molecular formula is C8H5ClNO4-. The summed E-state index contributed by atoms with van der Waals surface area (Å²) in [4.78, 5) is 20.1. The highest BCUT2D eigenvalue weighted by atomic mass is 35.5. The Morgan fingerprint density at radius 2 is 2.14 bits per heavy atom. The summed E-state index contributed by atoms with van der Waals surface area (Å²) >= 11 is 5.55. The molecule has 0 amide bonds. The Hall–Kier alpha value is -1.62. The van der Waals surface area contributed by atoms with E-state index in [0.29, 0.717) is 0 Å². The summed E-state index contributed by atoms with van der Waals surface area (Å²) in [6, 6.07) is 4.12. The van der Waals surface area contributed by atoms with Crippen LogP contribution in [0.3, 0.4) is 0 Å². The summed E-state index contributed by atoms with van der Waals surface area (Å²) < 4.78 is 0. The summed E-state index contributed by atoms with van der Waals surface area (Å²) in [5, 5.41) is 20.7. The zero-order valence-electron chi connectivity index (χ0n) is 6.90. The van der Waals surface area contributed by atoms with Crippen molar-refractivity contribution in [2.75, 3.05) is 0 Å². The fourth-order valence-electron chi connectivity index (χ4n) is 1.06. The van der Waals surface area contributed by atoms with Crippen molar-refractivity contribution in [2.24, 2.45) is 0 Å². The Morgan fingerprint density at radius 3 is 2.64 bits per heavy atom. The van der Waals surface area contributed by atoms with Crippen LogP contribution in [0.25, 0.3) is 0 Å². The van der Waals surface area contributed by atoms with Crippen molar-refractivity contribution in [3.63, 3.8) is 0 Å². The van der Waals surface area contributed by atoms with Crippen LogP contribution in [-0.4, -0.2) is 10.9 Å². The molecular weight excluding hydrogens is 210 g/mol. The molecule has 6 heteroatoms. The number of hydrogen-bond acceptors (Lipinski definition) is 4. The predicted octanol–water partition coefficient (Wildman–Crippen LogP) is 0.541. The van der Waals surface area contributed by atoms with E-state index in [-0.39, 0.29) is 16.3 Å². The quantitative estimate of drug-likeness (QED) is 0.543. The molecule has 0 unspecified atom stereocenters. The Bertz CT molecular complexity index is 391.